The minimum Gasteiger partial charge on any atom is -0.507 e. The number of rotatable bonds is 1. The number of aldehydes is 1. The minimum absolute atomic E-state index is 0.135. The Morgan fingerprint density at radius 1 is 1.27 bits per heavy atom. The smallest absolute Gasteiger partial charge is 0.168 e. The van der Waals surface area contributed by atoms with Gasteiger partial charge in [-0.05, 0) is 6.07 Å². The number of benzene rings is 1. The fraction of sp³-hybridized carbons (Fsp3) is 0. The summed E-state index contributed by atoms with van der Waals surface area (Å²) in [5.74, 6) is -2.08. The molecule has 0 aliphatic carbocycles. The molecule has 3 nitrogen and oxygen atoms in total. The van der Waals surface area contributed by atoms with E-state index in [1.54, 1.807) is 0 Å². The van der Waals surface area contributed by atoms with Gasteiger partial charge in [0, 0.05) is 6.07 Å². The van der Waals surface area contributed by atoms with Crippen LogP contribution in [-0.2, 0) is 0 Å². The number of carbonyl (C=O) groups is 1. The summed E-state index contributed by atoms with van der Waals surface area (Å²) in [7, 11) is 0. The predicted octanol–water partition coefficient (Wildman–Crippen LogP) is 1.05. The average Bonchev–Trinajstić information content (AvgIpc) is 1.97. The zero-order valence-electron chi connectivity index (χ0n) is 5.41. The Morgan fingerprint density at radius 3 is 2.45 bits per heavy atom. The molecule has 1 rings (SSSR count). The van der Waals surface area contributed by atoms with Crippen molar-refractivity contribution in [1.82, 2.24) is 0 Å². The molecule has 4 heteroatoms. The van der Waals surface area contributed by atoms with Crippen molar-refractivity contribution in [3.05, 3.63) is 23.5 Å². The van der Waals surface area contributed by atoms with Crippen molar-refractivity contribution in [3.8, 4) is 11.5 Å². The molecule has 0 amide bonds. The molecule has 0 aliphatic heterocycles. The lowest BCUT2D eigenvalue weighted by atomic mass is 10.2. The van der Waals surface area contributed by atoms with E-state index in [0.717, 1.165) is 6.07 Å². The molecule has 0 spiro atoms. The lowest BCUT2D eigenvalue weighted by Gasteiger charge is -1.98. The number of phenols is 2. The largest absolute Gasteiger partial charge is 0.507 e. The van der Waals surface area contributed by atoms with Crippen LogP contribution in [0.4, 0.5) is 4.39 Å². The Morgan fingerprint density at radius 2 is 1.91 bits per heavy atom. The van der Waals surface area contributed by atoms with Gasteiger partial charge in [0.1, 0.15) is 5.75 Å². The van der Waals surface area contributed by atoms with Gasteiger partial charge < -0.3 is 10.2 Å². The highest BCUT2D eigenvalue weighted by atomic mass is 19.1. The Kier molecular flexibility index (Phi) is 1.76. The highest BCUT2D eigenvalue weighted by Crippen LogP contribution is 2.23. The van der Waals surface area contributed by atoms with Gasteiger partial charge in [-0.15, -0.1) is 0 Å². The van der Waals surface area contributed by atoms with Gasteiger partial charge in [-0.2, -0.15) is 0 Å². The summed E-state index contributed by atoms with van der Waals surface area (Å²) in [6.07, 6.45) is 0.328. The van der Waals surface area contributed by atoms with Crippen LogP contribution in [0.5, 0.6) is 11.5 Å². The number of phenolic OH excluding ortho intramolecular Hbond substituents is 2. The zero-order chi connectivity index (χ0) is 8.43. The van der Waals surface area contributed by atoms with Crippen molar-refractivity contribution in [2.45, 2.75) is 0 Å². The fourth-order valence-corrected chi connectivity index (χ4v) is 0.662. The number of halogens is 1. The van der Waals surface area contributed by atoms with E-state index < -0.39 is 17.3 Å². The molecule has 0 atom stereocenters. The van der Waals surface area contributed by atoms with E-state index in [-0.39, 0.29) is 5.56 Å². The van der Waals surface area contributed by atoms with Crippen molar-refractivity contribution in [1.29, 1.82) is 0 Å². The summed E-state index contributed by atoms with van der Waals surface area (Å²) in [5.41, 5.74) is -0.135. The molecule has 0 aliphatic rings. The Bertz CT molecular complexity index is 296. The van der Waals surface area contributed by atoms with Crippen molar-refractivity contribution >= 4 is 6.29 Å². The lowest BCUT2D eigenvalue weighted by Crippen LogP contribution is -1.83. The summed E-state index contributed by atoms with van der Waals surface area (Å²) >= 11 is 0. The maximum absolute atomic E-state index is 12.4. The predicted molar refractivity (Wildman–Crippen MR) is 35.1 cm³/mol. The van der Waals surface area contributed by atoms with Gasteiger partial charge in [0.05, 0.1) is 5.56 Å². The molecule has 0 radical (unpaired) electrons. The molecule has 0 heterocycles. The quantitative estimate of drug-likeness (QED) is 0.472. The topological polar surface area (TPSA) is 57.5 Å². The van der Waals surface area contributed by atoms with E-state index in [1.165, 1.54) is 0 Å². The minimum atomic E-state index is -0.951. The number of aromatic hydroxyl groups is 2. The normalized spacial score (nSPS) is 9.55. The third-order valence-corrected chi connectivity index (χ3v) is 1.22. The van der Waals surface area contributed by atoms with Crippen LogP contribution in [0, 0.1) is 5.82 Å². The second-order valence-corrected chi connectivity index (χ2v) is 1.98. The van der Waals surface area contributed by atoms with Crippen LogP contribution >= 0.6 is 0 Å². The summed E-state index contributed by atoms with van der Waals surface area (Å²) < 4.78 is 12.4. The zero-order valence-corrected chi connectivity index (χ0v) is 5.41. The van der Waals surface area contributed by atoms with Crippen molar-refractivity contribution in [2.75, 3.05) is 0 Å². The number of carbonyl (C=O) groups excluding carboxylic acids is 1. The van der Waals surface area contributed by atoms with Crippen LogP contribution in [-0.4, -0.2) is 16.5 Å². The number of hydrogen-bond donors (Lipinski definition) is 2. The van der Waals surface area contributed by atoms with Crippen LogP contribution < -0.4 is 0 Å². The monoisotopic (exact) mass is 156 g/mol. The van der Waals surface area contributed by atoms with E-state index in [2.05, 4.69) is 0 Å². The van der Waals surface area contributed by atoms with Crippen LogP contribution in [0.3, 0.4) is 0 Å². The molecule has 0 unspecified atom stereocenters. The van der Waals surface area contributed by atoms with Gasteiger partial charge in [0.25, 0.3) is 0 Å². The average molecular weight is 156 g/mol. The van der Waals surface area contributed by atoms with Gasteiger partial charge >= 0.3 is 0 Å². The van der Waals surface area contributed by atoms with E-state index in [4.69, 9.17) is 10.2 Å². The Hall–Kier alpha value is -1.58. The standard InChI is InChI=1S/C7H5FO3/c8-5-2-6(10)4(3-9)1-7(5)11/h1-3,10-11H. The summed E-state index contributed by atoms with van der Waals surface area (Å²) in [5, 5.41) is 17.5. The molecule has 2 N–H and O–H groups in total. The van der Waals surface area contributed by atoms with E-state index in [9.17, 15) is 9.18 Å². The highest BCUT2D eigenvalue weighted by molar-refractivity contribution is 5.79. The summed E-state index contributed by atoms with van der Waals surface area (Å²) in [4.78, 5) is 10.1. The third kappa shape index (κ3) is 1.29. The molecule has 0 saturated carbocycles. The molecular weight excluding hydrogens is 151 g/mol. The van der Waals surface area contributed by atoms with Gasteiger partial charge in [0.15, 0.2) is 17.9 Å². The van der Waals surface area contributed by atoms with Crippen molar-refractivity contribution < 1.29 is 19.4 Å². The van der Waals surface area contributed by atoms with Crippen LogP contribution in [0.1, 0.15) is 10.4 Å². The maximum atomic E-state index is 12.4. The van der Waals surface area contributed by atoms with Crippen molar-refractivity contribution in [2.24, 2.45) is 0 Å². The molecule has 0 bridgehead atoms. The molecule has 11 heavy (non-hydrogen) atoms. The lowest BCUT2D eigenvalue weighted by molar-refractivity contribution is 0.112. The van der Waals surface area contributed by atoms with E-state index in [1.807, 2.05) is 0 Å². The Balaban J connectivity index is 3.31. The van der Waals surface area contributed by atoms with Gasteiger partial charge in [0.2, 0.25) is 0 Å². The second-order valence-electron chi connectivity index (χ2n) is 1.98. The summed E-state index contributed by atoms with van der Waals surface area (Å²) in [6.45, 7) is 0. The van der Waals surface area contributed by atoms with Crippen LogP contribution in [0.25, 0.3) is 0 Å². The highest BCUT2D eigenvalue weighted by Gasteiger charge is 2.06. The molecule has 0 saturated heterocycles. The van der Waals surface area contributed by atoms with Crippen molar-refractivity contribution in [3.63, 3.8) is 0 Å². The first-order chi connectivity index (χ1) is 5.15. The van der Waals surface area contributed by atoms with E-state index in [0.29, 0.717) is 12.4 Å². The fourth-order valence-electron chi connectivity index (χ4n) is 0.662. The van der Waals surface area contributed by atoms with Gasteiger partial charge in [-0.25, -0.2) is 4.39 Å². The third-order valence-electron chi connectivity index (χ3n) is 1.22. The first-order valence-corrected chi connectivity index (χ1v) is 2.82. The van der Waals surface area contributed by atoms with Gasteiger partial charge in [-0.1, -0.05) is 0 Å². The maximum Gasteiger partial charge on any atom is 0.168 e. The molecular formula is C7H5FO3. The summed E-state index contributed by atoms with van der Waals surface area (Å²) in [6, 6.07) is 1.54. The number of hydrogen-bond acceptors (Lipinski definition) is 3. The first kappa shape index (κ1) is 7.53. The molecule has 58 valence electrons. The second kappa shape index (κ2) is 2.57. The van der Waals surface area contributed by atoms with E-state index >= 15 is 0 Å². The van der Waals surface area contributed by atoms with Crippen LogP contribution in [0.15, 0.2) is 12.1 Å². The molecule has 1 aromatic carbocycles. The van der Waals surface area contributed by atoms with Crippen LogP contribution in [0.2, 0.25) is 0 Å². The van der Waals surface area contributed by atoms with Gasteiger partial charge in [-0.3, -0.25) is 4.79 Å². The molecule has 0 aromatic heterocycles. The SMILES string of the molecule is O=Cc1cc(O)c(F)cc1O. The first-order valence-electron chi connectivity index (χ1n) is 2.82. The molecule has 1 aromatic rings. The molecule has 0 fully saturated rings. The Labute approximate surface area is 61.7 Å².